The average molecular weight is 417 g/mol. The molecule has 0 heterocycles. The molecule has 0 fully saturated rings. The lowest BCUT2D eigenvalue weighted by molar-refractivity contribution is 0.647. The predicted molar refractivity (Wildman–Crippen MR) is 94.9 cm³/mol. The van der Waals surface area contributed by atoms with Crippen LogP contribution in [0.5, 0.6) is 0 Å². The van der Waals surface area contributed by atoms with Gasteiger partial charge in [-0.3, -0.25) is 0 Å². The van der Waals surface area contributed by atoms with Crippen LogP contribution in [0.2, 0.25) is 5.02 Å². The number of halogens is 3. The van der Waals surface area contributed by atoms with Gasteiger partial charge in [0.05, 0.1) is 9.85 Å². The smallest absolute Gasteiger partial charge is 0.0645 e. The van der Waals surface area contributed by atoms with E-state index in [-0.39, 0.29) is 4.83 Å². The normalized spacial score (nSPS) is 12.7. The average Bonchev–Trinajstić information content (AvgIpc) is 2.41. The number of benzene rings is 2. The van der Waals surface area contributed by atoms with Gasteiger partial charge in [-0.1, -0.05) is 71.7 Å². The summed E-state index contributed by atoms with van der Waals surface area (Å²) in [7, 11) is 0. The van der Waals surface area contributed by atoms with Crippen LogP contribution in [-0.4, -0.2) is 0 Å². The first-order valence-corrected chi connectivity index (χ1v) is 8.74. The highest BCUT2D eigenvalue weighted by Crippen LogP contribution is 2.34. The molecule has 0 saturated heterocycles. The Morgan fingerprint density at radius 1 is 1.00 bits per heavy atom. The molecule has 0 amide bonds. The summed E-state index contributed by atoms with van der Waals surface area (Å²) in [6, 6.07) is 14.9. The molecule has 0 nitrogen and oxygen atoms in total. The molecule has 0 saturated carbocycles. The van der Waals surface area contributed by atoms with Crippen LogP contribution < -0.4 is 0 Å². The summed E-state index contributed by atoms with van der Waals surface area (Å²) in [6.07, 6.45) is 1.12. The molecule has 1 atom stereocenters. The van der Waals surface area contributed by atoms with Crippen molar-refractivity contribution in [1.29, 1.82) is 0 Å². The zero-order valence-corrected chi connectivity index (χ0v) is 15.5. The van der Waals surface area contributed by atoms with Crippen molar-refractivity contribution < 1.29 is 0 Å². The highest BCUT2D eigenvalue weighted by Gasteiger charge is 2.11. The van der Waals surface area contributed by atoms with Crippen molar-refractivity contribution in [1.82, 2.24) is 0 Å². The number of hydrogen-bond donors (Lipinski definition) is 0. The van der Waals surface area contributed by atoms with E-state index in [2.05, 4.69) is 82.1 Å². The Labute approximate surface area is 142 Å². The molecule has 2 rings (SSSR count). The molecular formula is C17H17Br2Cl. The molecule has 20 heavy (non-hydrogen) atoms. The summed E-state index contributed by atoms with van der Waals surface area (Å²) in [5.41, 5.74) is 3.84. The summed E-state index contributed by atoms with van der Waals surface area (Å²) in [5.74, 6) is 0.688. The minimum absolute atomic E-state index is 0.184. The highest BCUT2D eigenvalue weighted by molar-refractivity contribution is 9.10. The molecule has 0 bridgehead atoms. The minimum atomic E-state index is 0.184. The second-order valence-corrected chi connectivity index (χ2v) is 7.55. The Morgan fingerprint density at radius 2 is 1.60 bits per heavy atom. The van der Waals surface area contributed by atoms with E-state index in [1.165, 1.54) is 16.7 Å². The summed E-state index contributed by atoms with van der Waals surface area (Å²) >= 11 is 13.3. The largest absolute Gasteiger partial charge is 0.0831 e. The molecule has 1 unspecified atom stereocenters. The lowest BCUT2D eigenvalue weighted by Gasteiger charge is -2.13. The van der Waals surface area contributed by atoms with E-state index in [4.69, 9.17) is 11.6 Å². The van der Waals surface area contributed by atoms with Crippen LogP contribution in [0.15, 0.2) is 46.9 Å². The maximum Gasteiger partial charge on any atom is 0.0645 e. The Kier molecular flexibility index (Phi) is 5.71. The molecule has 3 heteroatoms. The monoisotopic (exact) mass is 414 g/mol. The Bertz CT molecular complexity index is 576. The van der Waals surface area contributed by atoms with Crippen molar-refractivity contribution in [3.63, 3.8) is 0 Å². The third-order valence-corrected chi connectivity index (χ3v) is 5.42. The molecule has 0 radical (unpaired) electrons. The number of hydrogen-bond acceptors (Lipinski definition) is 0. The summed E-state index contributed by atoms with van der Waals surface area (Å²) in [4.78, 5) is 0.184. The zero-order valence-electron chi connectivity index (χ0n) is 11.5. The lowest BCUT2D eigenvalue weighted by Crippen LogP contribution is -1.96. The van der Waals surface area contributed by atoms with E-state index in [1.807, 2.05) is 6.07 Å². The van der Waals surface area contributed by atoms with Crippen molar-refractivity contribution in [3.05, 3.63) is 68.7 Å². The topological polar surface area (TPSA) is 0 Å². The Balaban J connectivity index is 2.20. The molecule has 2 aromatic rings. The van der Waals surface area contributed by atoms with Gasteiger partial charge in [-0.15, -0.1) is 0 Å². The molecule has 0 spiro atoms. The Morgan fingerprint density at radius 3 is 2.15 bits per heavy atom. The van der Waals surface area contributed by atoms with Crippen molar-refractivity contribution in [2.75, 3.05) is 0 Å². The second kappa shape index (κ2) is 7.11. The van der Waals surface area contributed by atoms with Gasteiger partial charge in [-0.2, -0.15) is 0 Å². The first-order valence-electron chi connectivity index (χ1n) is 6.65. The zero-order chi connectivity index (χ0) is 14.7. The first-order chi connectivity index (χ1) is 9.47. The Hall–Kier alpha value is -0.310. The summed E-state index contributed by atoms with van der Waals surface area (Å²) in [5, 5.41) is 0.737. The quantitative estimate of drug-likeness (QED) is 0.482. The molecule has 0 aromatic heterocycles. The van der Waals surface area contributed by atoms with Gasteiger partial charge in [-0.25, -0.2) is 0 Å². The predicted octanol–water partition coefficient (Wildman–Crippen LogP) is 6.79. The summed E-state index contributed by atoms with van der Waals surface area (Å²) in [6.45, 7) is 4.49. The van der Waals surface area contributed by atoms with Gasteiger partial charge >= 0.3 is 0 Å². The molecular weight excluding hydrogens is 399 g/mol. The van der Waals surface area contributed by atoms with Crippen LogP contribution in [0.4, 0.5) is 0 Å². The van der Waals surface area contributed by atoms with Crippen molar-refractivity contribution >= 4 is 43.5 Å². The summed E-state index contributed by atoms with van der Waals surface area (Å²) < 4.78 is 0.928. The third kappa shape index (κ3) is 4.09. The van der Waals surface area contributed by atoms with E-state index in [9.17, 15) is 0 Å². The van der Waals surface area contributed by atoms with Gasteiger partial charge < -0.3 is 0 Å². The molecule has 0 aliphatic rings. The molecule has 106 valence electrons. The maximum atomic E-state index is 6.04. The fourth-order valence-corrected chi connectivity index (χ4v) is 3.26. The van der Waals surface area contributed by atoms with Gasteiger partial charge in [0.15, 0.2) is 0 Å². The maximum absolute atomic E-state index is 6.04. The van der Waals surface area contributed by atoms with Crippen LogP contribution in [0.25, 0.3) is 0 Å². The number of alkyl halides is 1. The van der Waals surface area contributed by atoms with Crippen molar-refractivity contribution in [2.24, 2.45) is 5.92 Å². The van der Waals surface area contributed by atoms with Crippen LogP contribution >= 0.6 is 43.5 Å². The van der Waals surface area contributed by atoms with Crippen molar-refractivity contribution in [3.8, 4) is 0 Å². The van der Waals surface area contributed by atoms with Gasteiger partial charge in [0.2, 0.25) is 0 Å². The van der Waals surface area contributed by atoms with E-state index >= 15 is 0 Å². The molecule has 2 aromatic carbocycles. The van der Waals surface area contributed by atoms with Crippen LogP contribution in [0, 0.1) is 5.92 Å². The lowest BCUT2D eigenvalue weighted by atomic mass is 9.99. The fourth-order valence-electron chi connectivity index (χ4n) is 2.16. The minimum Gasteiger partial charge on any atom is -0.0831 e. The van der Waals surface area contributed by atoms with E-state index in [0.29, 0.717) is 5.92 Å². The standard InChI is InChI=1S/C17H17Br2Cl/c1-11(2)9-12-3-5-13(6-4-12)17(19)14-7-8-16(20)15(18)10-14/h3-8,10-11,17H,9H2,1-2H3. The molecule has 0 aliphatic heterocycles. The van der Waals surface area contributed by atoms with Gasteiger partial charge in [0.25, 0.3) is 0 Å². The van der Waals surface area contributed by atoms with Crippen LogP contribution in [0.1, 0.15) is 35.4 Å². The SMILES string of the molecule is CC(C)Cc1ccc(C(Br)c2ccc(Cl)c(Br)c2)cc1. The van der Waals surface area contributed by atoms with Crippen LogP contribution in [0.3, 0.4) is 0 Å². The second-order valence-electron chi connectivity index (χ2n) is 5.38. The first kappa shape index (κ1) is 16.1. The van der Waals surface area contributed by atoms with E-state index in [0.717, 1.165) is 15.9 Å². The molecule has 0 N–H and O–H groups in total. The van der Waals surface area contributed by atoms with E-state index in [1.54, 1.807) is 0 Å². The fraction of sp³-hybridized carbons (Fsp3) is 0.294. The third-order valence-electron chi connectivity index (χ3n) is 3.15. The van der Waals surface area contributed by atoms with Crippen molar-refractivity contribution in [2.45, 2.75) is 25.1 Å². The highest BCUT2D eigenvalue weighted by atomic mass is 79.9. The number of rotatable bonds is 4. The van der Waals surface area contributed by atoms with E-state index < -0.39 is 0 Å². The van der Waals surface area contributed by atoms with Gasteiger partial charge in [-0.05, 0) is 57.1 Å². The van der Waals surface area contributed by atoms with Crippen LogP contribution in [-0.2, 0) is 6.42 Å². The molecule has 0 aliphatic carbocycles. The van der Waals surface area contributed by atoms with Gasteiger partial charge in [0, 0.05) is 4.47 Å². The van der Waals surface area contributed by atoms with Gasteiger partial charge in [0.1, 0.15) is 0 Å².